The van der Waals surface area contributed by atoms with Crippen molar-refractivity contribution in [3.63, 3.8) is 0 Å². The van der Waals surface area contributed by atoms with Gasteiger partial charge in [-0.3, -0.25) is 9.59 Å². The fourth-order valence-corrected chi connectivity index (χ4v) is 3.42. The second kappa shape index (κ2) is 10.5. The number of nitrogens with zero attached hydrogens (tertiary/aromatic N) is 1. The van der Waals surface area contributed by atoms with Crippen LogP contribution in [0, 0.1) is 11.8 Å². The first-order valence-corrected chi connectivity index (χ1v) is 8.80. The Bertz CT molecular complexity index is 583. The second-order valence-electron chi connectivity index (χ2n) is 6.98. The Labute approximate surface area is 161 Å². The topological polar surface area (TPSA) is 84.7 Å². The molecule has 3 N–H and O–H groups in total. The molecule has 3 atom stereocenters. The molecule has 6 nitrogen and oxygen atoms in total. The second-order valence-corrected chi connectivity index (χ2v) is 6.98. The van der Waals surface area contributed by atoms with Gasteiger partial charge < -0.3 is 20.7 Å². The van der Waals surface area contributed by atoms with Crippen molar-refractivity contribution >= 4 is 24.2 Å². The van der Waals surface area contributed by atoms with E-state index in [1.165, 1.54) is 12.7 Å². The number of hydrogen-bond acceptors (Lipinski definition) is 4. The van der Waals surface area contributed by atoms with Gasteiger partial charge in [0.15, 0.2) is 0 Å². The normalized spacial score (nSPS) is 20.6. The minimum absolute atomic E-state index is 0. The highest BCUT2D eigenvalue weighted by atomic mass is 35.5. The molecule has 7 heteroatoms. The number of likely N-dealkylation sites (tertiary alicyclic amines) is 1. The van der Waals surface area contributed by atoms with Crippen LogP contribution in [0.15, 0.2) is 30.3 Å². The third kappa shape index (κ3) is 5.43. The molecule has 26 heavy (non-hydrogen) atoms. The molecule has 1 aromatic carbocycles. The van der Waals surface area contributed by atoms with Gasteiger partial charge in [0.05, 0.1) is 0 Å². The number of methoxy groups -OCH3 is 1. The highest BCUT2D eigenvalue weighted by Crippen LogP contribution is 2.32. The summed E-state index contributed by atoms with van der Waals surface area (Å²) in [7, 11) is 1.46. The highest BCUT2D eigenvalue weighted by molar-refractivity contribution is 5.88. The van der Waals surface area contributed by atoms with E-state index in [0.29, 0.717) is 19.6 Å². The van der Waals surface area contributed by atoms with Crippen LogP contribution in [0.1, 0.15) is 25.3 Å². The van der Waals surface area contributed by atoms with E-state index in [1.54, 1.807) is 0 Å². The average molecular weight is 384 g/mol. The Kier molecular flexibility index (Phi) is 9.05. The van der Waals surface area contributed by atoms with Crippen molar-refractivity contribution in [2.24, 2.45) is 17.6 Å². The summed E-state index contributed by atoms with van der Waals surface area (Å²) in [5.74, 6) is 0.145. The van der Waals surface area contributed by atoms with Crippen molar-refractivity contribution in [3.05, 3.63) is 35.9 Å². The van der Waals surface area contributed by atoms with Gasteiger partial charge in [-0.2, -0.15) is 0 Å². The lowest BCUT2D eigenvalue weighted by Crippen LogP contribution is -2.51. The number of carbonyl (C=O) groups is 2. The van der Waals surface area contributed by atoms with Gasteiger partial charge in [0.1, 0.15) is 12.6 Å². The first-order valence-electron chi connectivity index (χ1n) is 8.80. The predicted octanol–water partition coefficient (Wildman–Crippen LogP) is 1.40. The molecule has 1 heterocycles. The molecule has 1 aliphatic rings. The maximum absolute atomic E-state index is 13.0. The van der Waals surface area contributed by atoms with Crippen molar-refractivity contribution in [2.75, 3.05) is 33.4 Å². The number of amides is 2. The van der Waals surface area contributed by atoms with Gasteiger partial charge in [-0.05, 0) is 23.9 Å². The van der Waals surface area contributed by atoms with Gasteiger partial charge in [0.2, 0.25) is 11.8 Å². The van der Waals surface area contributed by atoms with E-state index in [4.69, 9.17) is 10.5 Å². The zero-order valence-corrected chi connectivity index (χ0v) is 16.5. The summed E-state index contributed by atoms with van der Waals surface area (Å²) in [6.07, 6.45) is 0. The van der Waals surface area contributed by atoms with E-state index in [9.17, 15) is 9.59 Å². The highest BCUT2D eigenvalue weighted by Gasteiger charge is 2.38. The van der Waals surface area contributed by atoms with E-state index < -0.39 is 6.04 Å². The summed E-state index contributed by atoms with van der Waals surface area (Å²) >= 11 is 0. The zero-order valence-electron chi connectivity index (χ0n) is 15.7. The quantitative estimate of drug-likeness (QED) is 0.745. The van der Waals surface area contributed by atoms with Crippen molar-refractivity contribution in [1.82, 2.24) is 10.2 Å². The van der Waals surface area contributed by atoms with Crippen LogP contribution < -0.4 is 11.1 Å². The molecule has 1 saturated heterocycles. The van der Waals surface area contributed by atoms with Crippen LogP contribution >= 0.6 is 12.4 Å². The molecule has 1 aliphatic heterocycles. The Morgan fingerprint density at radius 2 is 1.92 bits per heavy atom. The van der Waals surface area contributed by atoms with E-state index in [2.05, 4.69) is 17.4 Å². The van der Waals surface area contributed by atoms with Gasteiger partial charge in [-0.25, -0.2) is 0 Å². The molecule has 0 spiro atoms. The minimum atomic E-state index is -0.546. The Morgan fingerprint density at radius 1 is 1.27 bits per heavy atom. The van der Waals surface area contributed by atoms with E-state index in [1.807, 2.05) is 36.9 Å². The van der Waals surface area contributed by atoms with Crippen LogP contribution in [0.5, 0.6) is 0 Å². The number of hydrogen-bond donors (Lipinski definition) is 2. The molecule has 0 unspecified atom stereocenters. The van der Waals surface area contributed by atoms with Crippen LogP contribution in [0.2, 0.25) is 0 Å². The zero-order chi connectivity index (χ0) is 18.4. The molecule has 2 rings (SSSR count). The number of rotatable bonds is 7. The monoisotopic (exact) mass is 383 g/mol. The number of carbonyl (C=O) groups excluding carboxylic acids is 2. The molecule has 0 aromatic heterocycles. The number of benzene rings is 1. The number of halogens is 1. The lowest BCUT2D eigenvalue weighted by molar-refractivity contribution is -0.137. The van der Waals surface area contributed by atoms with Gasteiger partial charge in [-0.15, -0.1) is 12.4 Å². The maximum atomic E-state index is 13.0. The van der Waals surface area contributed by atoms with E-state index in [0.717, 1.165) is 0 Å². The largest absolute Gasteiger partial charge is 0.375 e. The summed E-state index contributed by atoms with van der Waals surface area (Å²) in [4.78, 5) is 26.7. The third-order valence-electron chi connectivity index (χ3n) is 4.81. The lowest BCUT2D eigenvalue weighted by atomic mass is 9.89. The number of nitrogens with one attached hydrogen (secondary N) is 1. The summed E-state index contributed by atoms with van der Waals surface area (Å²) in [5.41, 5.74) is 7.16. The van der Waals surface area contributed by atoms with Crippen LogP contribution in [-0.4, -0.2) is 56.1 Å². The van der Waals surface area contributed by atoms with E-state index >= 15 is 0 Å². The molecule has 0 bridgehead atoms. The molecule has 1 aromatic rings. The number of ether oxygens (including phenoxy) is 1. The Morgan fingerprint density at radius 3 is 2.46 bits per heavy atom. The van der Waals surface area contributed by atoms with Crippen molar-refractivity contribution in [1.29, 1.82) is 0 Å². The molecule has 1 fully saturated rings. The summed E-state index contributed by atoms with van der Waals surface area (Å²) in [5, 5.41) is 2.80. The van der Waals surface area contributed by atoms with Crippen molar-refractivity contribution < 1.29 is 14.3 Å². The smallest absolute Gasteiger partial charge is 0.246 e. The Hall–Kier alpha value is -1.63. The van der Waals surface area contributed by atoms with Crippen LogP contribution in [-0.2, 0) is 14.3 Å². The van der Waals surface area contributed by atoms with Crippen LogP contribution in [0.4, 0.5) is 0 Å². The maximum Gasteiger partial charge on any atom is 0.246 e. The first kappa shape index (κ1) is 22.4. The van der Waals surface area contributed by atoms with Gasteiger partial charge in [0.25, 0.3) is 0 Å². The molecule has 0 saturated carbocycles. The fraction of sp³-hybridized carbons (Fsp3) is 0.579. The van der Waals surface area contributed by atoms with Crippen molar-refractivity contribution in [2.45, 2.75) is 25.8 Å². The SMILES string of the molecule is COCC(=O)N[C@H](C(=O)N1C[C@@H](CN)[C@H](c2ccccc2)C1)C(C)C.Cl. The molecule has 0 aliphatic carbocycles. The number of nitrogens with two attached hydrogens (primary N) is 1. The summed E-state index contributed by atoms with van der Waals surface area (Å²) < 4.78 is 4.85. The lowest BCUT2D eigenvalue weighted by Gasteiger charge is -2.27. The summed E-state index contributed by atoms with van der Waals surface area (Å²) in [6.45, 7) is 5.61. The first-order chi connectivity index (χ1) is 12.0. The summed E-state index contributed by atoms with van der Waals surface area (Å²) in [6, 6.07) is 9.63. The standard InChI is InChI=1S/C19H29N3O3.ClH/c1-13(2)18(21-17(23)12-25-3)19(24)22-10-15(9-20)16(11-22)14-7-5-4-6-8-14;/h4-8,13,15-16,18H,9-12,20H2,1-3H3,(H,21,23);1H/t15-,16+,18+;/m1./s1. The molecule has 2 amide bonds. The van der Waals surface area contributed by atoms with Gasteiger partial charge in [-0.1, -0.05) is 44.2 Å². The average Bonchev–Trinajstić information content (AvgIpc) is 3.04. The fourth-order valence-electron chi connectivity index (χ4n) is 3.42. The van der Waals surface area contributed by atoms with E-state index in [-0.39, 0.29) is 48.6 Å². The third-order valence-corrected chi connectivity index (χ3v) is 4.81. The predicted molar refractivity (Wildman–Crippen MR) is 104 cm³/mol. The minimum Gasteiger partial charge on any atom is -0.375 e. The van der Waals surface area contributed by atoms with Crippen molar-refractivity contribution in [3.8, 4) is 0 Å². The molecule has 0 radical (unpaired) electrons. The van der Waals surface area contributed by atoms with Gasteiger partial charge >= 0.3 is 0 Å². The molecule has 146 valence electrons. The van der Waals surface area contributed by atoms with Crippen LogP contribution in [0.3, 0.4) is 0 Å². The Balaban J connectivity index is 0.00000338. The molecular weight excluding hydrogens is 354 g/mol. The molecular formula is C19H30ClN3O3. The van der Waals surface area contributed by atoms with Crippen LogP contribution in [0.25, 0.3) is 0 Å². The van der Waals surface area contributed by atoms with Gasteiger partial charge in [0, 0.05) is 26.1 Å².